The first kappa shape index (κ1) is 14.6. The maximum Gasteiger partial charge on any atom is 0.337 e. The summed E-state index contributed by atoms with van der Waals surface area (Å²) in [5.74, 6) is -1.09. The van der Waals surface area contributed by atoms with Gasteiger partial charge in [-0.2, -0.15) is 5.10 Å². The quantitative estimate of drug-likeness (QED) is 0.781. The third-order valence-electron chi connectivity index (χ3n) is 2.80. The van der Waals surface area contributed by atoms with E-state index in [0.29, 0.717) is 6.54 Å². The number of urea groups is 1. The van der Waals surface area contributed by atoms with Crippen LogP contribution in [0.5, 0.6) is 0 Å². The molecule has 0 aliphatic carbocycles. The zero-order valence-corrected chi connectivity index (χ0v) is 11.5. The fourth-order valence-corrected chi connectivity index (χ4v) is 1.90. The summed E-state index contributed by atoms with van der Waals surface area (Å²) in [4.78, 5) is 22.9. The number of nitrogens with one attached hydrogen (secondary N) is 2. The molecule has 2 aromatic rings. The number of carbonyl (C=O) groups is 2. The third-order valence-corrected chi connectivity index (χ3v) is 2.80. The number of para-hydroxylation sites is 1. The van der Waals surface area contributed by atoms with Gasteiger partial charge in [0.05, 0.1) is 17.8 Å². The number of aromatic carboxylic acids is 1. The summed E-state index contributed by atoms with van der Waals surface area (Å²) < 4.78 is 1.70. The van der Waals surface area contributed by atoms with Crippen LogP contribution in [0.2, 0.25) is 0 Å². The lowest BCUT2D eigenvalue weighted by atomic mass is 10.2. The molecule has 21 heavy (non-hydrogen) atoms. The zero-order valence-electron chi connectivity index (χ0n) is 11.5. The van der Waals surface area contributed by atoms with E-state index in [1.54, 1.807) is 41.3 Å². The number of amides is 2. The van der Waals surface area contributed by atoms with Gasteiger partial charge in [-0.25, -0.2) is 9.59 Å². The van der Waals surface area contributed by atoms with Gasteiger partial charge >= 0.3 is 12.0 Å². The SMILES string of the molecule is CC(Cn1cccn1)NC(=O)Nc1ccccc1C(=O)O. The summed E-state index contributed by atoms with van der Waals surface area (Å²) in [6.45, 7) is 2.37. The summed E-state index contributed by atoms with van der Waals surface area (Å²) in [6.07, 6.45) is 3.46. The van der Waals surface area contributed by atoms with Crippen molar-refractivity contribution in [3.63, 3.8) is 0 Å². The average molecular weight is 288 g/mol. The highest BCUT2D eigenvalue weighted by molar-refractivity contribution is 5.99. The van der Waals surface area contributed by atoms with Crippen molar-refractivity contribution in [2.24, 2.45) is 0 Å². The Hall–Kier alpha value is -2.83. The summed E-state index contributed by atoms with van der Waals surface area (Å²) >= 11 is 0. The number of aromatic nitrogens is 2. The maximum absolute atomic E-state index is 11.9. The van der Waals surface area contributed by atoms with Gasteiger partial charge in [0, 0.05) is 18.4 Å². The summed E-state index contributed by atoms with van der Waals surface area (Å²) in [7, 11) is 0. The van der Waals surface area contributed by atoms with Crippen LogP contribution < -0.4 is 10.6 Å². The van der Waals surface area contributed by atoms with Crippen molar-refractivity contribution in [2.45, 2.75) is 19.5 Å². The predicted molar refractivity (Wildman–Crippen MR) is 77.2 cm³/mol. The van der Waals surface area contributed by atoms with Crippen molar-refractivity contribution in [2.75, 3.05) is 5.32 Å². The average Bonchev–Trinajstić information content (AvgIpc) is 2.91. The van der Waals surface area contributed by atoms with Crippen molar-refractivity contribution in [1.82, 2.24) is 15.1 Å². The first-order valence-electron chi connectivity index (χ1n) is 6.43. The minimum Gasteiger partial charge on any atom is -0.478 e. The fourth-order valence-electron chi connectivity index (χ4n) is 1.90. The molecule has 0 radical (unpaired) electrons. The van der Waals surface area contributed by atoms with E-state index < -0.39 is 12.0 Å². The number of nitrogens with zero attached hydrogens (tertiary/aromatic N) is 2. The van der Waals surface area contributed by atoms with Crippen LogP contribution in [0.15, 0.2) is 42.7 Å². The standard InChI is InChI=1S/C14H16N4O3/c1-10(9-18-8-4-7-15-18)16-14(21)17-12-6-3-2-5-11(12)13(19)20/h2-8,10H,9H2,1H3,(H,19,20)(H2,16,17,21). The second-order valence-corrected chi connectivity index (χ2v) is 4.58. The molecule has 110 valence electrons. The number of hydrogen-bond acceptors (Lipinski definition) is 3. The van der Waals surface area contributed by atoms with Gasteiger partial charge in [-0.15, -0.1) is 0 Å². The molecule has 1 unspecified atom stereocenters. The Kier molecular flexibility index (Phi) is 4.55. The van der Waals surface area contributed by atoms with Gasteiger partial charge in [0.2, 0.25) is 0 Å². The first-order valence-corrected chi connectivity index (χ1v) is 6.43. The van der Waals surface area contributed by atoms with Crippen molar-refractivity contribution >= 4 is 17.7 Å². The van der Waals surface area contributed by atoms with Crippen molar-refractivity contribution in [1.29, 1.82) is 0 Å². The number of carbonyl (C=O) groups excluding carboxylic acids is 1. The van der Waals surface area contributed by atoms with Crippen LogP contribution in [-0.2, 0) is 6.54 Å². The van der Waals surface area contributed by atoms with Crippen LogP contribution in [0.25, 0.3) is 0 Å². The van der Waals surface area contributed by atoms with Gasteiger partial charge in [-0.1, -0.05) is 12.1 Å². The lowest BCUT2D eigenvalue weighted by Gasteiger charge is -2.15. The molecule has 3 N–H and O–H groups in total. The van der Waals surface area contributed by atoms with Gasteiger partial charge in [0.25, 0.3) is 0 Å². The highest BCUT2D eigenvalue weighted by Gasteiger charge is 2.13. The van der Waals surface area contributed by atoms with E-state index in [4.69, 9.17) is 5.11 Å². The maximum atomic E-state index is 11.9. The number of anilines is 1. The minimum atomic E-state index is -1.09. The van der Waals surface area contributed by atoms with E-state index in [1.165, 1.54) is 6.07 Å². The van der Waals surface area contributed by atoms with Crippen molar-refractivity contribution in [3.05, 3.63) is 48.3 Å². The van der Waals surface area contributed by atoms with E-state index in [9.17, 15) is 9.59 Å². The Bertz CT molecular complexity index is 625. The molecular weight excluding hydrogens is 272 g/mol. The highest BCUT2D eigenvalue weighted by atomic mass is 16.4. The van der Waals surface area contributed by atoms with Crippen molar-refractivity contribution < 1.29 is 14.7 Å². The zero-order chi connectivity index (χ0) is 15.2. The summed E-state index contributed by atoms with van der Waals surface area (Å²) in [6, 6.07) is 7.44. The van der Waals surface area contributed by atoms with Crippen LogP contribution in [0.3, 0.4) is 0 Å². The molecular formula is C14H16N4O3. The number of carboxylic acids is 1. The second kappa shape index (κ2) is 6.56. The molecule has 0 aliphatic heterocycles. The molecule has 0 spiro atoms. The lowest BCUT2D eigenvalue weighted by Crippen LogP contribution is -2.38. The molecule has 1 aromatic heterocycles. The molecule has 7 nitrogen and oxygen atoms in total. The van der Waals surface area contributed by atoms with Gasteiger partial charge in [0.1, 0.15) is 0 Å². The van der Waals surface area contributed by atoms with Crippen LogP contribution in [0.1, 0.15) is 17.3 Å². The Balaban J connectivity index is 1.94. The molecule has 7 heteroatoms. The van der Waals surface area contributed by atoms with Gasteiger partial charge in [-0.3, -0.25) is 4.68 Å². The Labute approximate surface area is 121 Å². The molecule has 2 rings (SSSR count). The van der Waals surface area contributed by atoms with Gasteiger partial charge in [0.15, 0.2) is 0 Å². The highest BCUT2D eigenvalue weighted by Crippen LogP contribution is 2.14. The second-order valence-electron chi connectivity index (χ2n) is 4.58. The van der Waals surface area contributed by atoms with Crippen LogP contribution in [-0.4, -0.2) is 32.9 Å². The van der Waals surface area contributed by atoms with Crippen LogP contribution >= 0.6 is 0 Å². The molecule has 1 aromatic carbocycles. The van der Waals surface area contributed by atoms with E-state index in [2.05, 4.69) is 15.7 Å². The molecule has 1 heterocycles. The summed E-state index contributed by atoms with van der Waals surface area (Å²) in [5, 5.41) is 18.4. The Morgan fingerprint density at radius 1 is 1.33 bits per heavy atom. The third kappa shape index (κ3) is 4.07. The number of benzene rings is 1. The first-order chi connectivity index (χ1) is 10.1. The molecule has 0 bridgehead atoms. The van der Waals surface area contributed by atoms with E-state index in [1.807, 2.05) is 6.92 Å². The Morgan fingerprint density at radius 2 is 2.10 bits per heavy atom. The number of hydrogen-bond donors (Lipinski definition) is 3. The number of rotatable bonds is 5. The monoisotopic (exact) mass is 288 g/mol. The smallest absolute Gasteiger partial charge is 0.337 e. The van der Waals surface area contributed by atoms with Crippen molar-refractivity contribution in [3.8, 4) is 0 Å². The lowest BCUT2D eigenvalue weighted by molar-refractivity contribution is 0.0698. The van der Waals surface area contributed by atoms with Crippen LogP contribution in [0.4, 0.5) is 10.5 Å². The van der Waals surface area contributed by atoms with E-state index >= 15 is 0 Å². The van der Waals surface area contributed by atoms with Gasteiger partial charge < -0.3 is 15.7 Å². The molecule has 0 saturated heterocycles. The topological polar surface area (TPSA) is 96.3 Å². The molecule has 2 amide bonds. The molecule has 0 fully saturated rings. The minimum absolute atomic E-state index is 0.0485. The normalized spacial score (nSPS) is 11.7. The summed E-state index contributed by atoms with van der Waals surface area (Å²) in [5.41, 5.74) is 0.307. The molecule has 0 saturated carbocycles. The van der Waals surface area contributed by atoms with Gasteiger partial charge in [-0.05, 0) is 25.1 Å². The van der Waals surface area contributed by atoms with E-state index in [0.717, 1.165) is 0 Å². The van der Waals surface area contributed by atoms with Crippen LogP contribution in [0, 0.1) is 0 Å². The predicted octanol–water partition coefficient (Wildman–Crippen LogP) is 1.79. The Morgan fingerprint density at radius 3 is 2.76 bits per heavy atom. The largest absolute Gasteiger partial charge is 0.478 e. The number of carboxylic acid groups (broad SMARTS) is 1. The molecule has 1 atom stereocenters. The van der Waals surface area contributed by atoms with E-state index in [-0.39, 0.29) is 17.3 Å². The molecule has 0 aliphatic rings. The fraction of sp³-hybridized carbons (Fsp3) is 0.214.